The Morgan fingerprint density at radius 1 is 1.05 bits per heavy atom. The first kappa shape index (κ1) is 17.3. The van der Waals surface area contributed by atoms with E-state index in [0.29, 0.717) is 0 Å². The van der Waals surface area contributed by atoms with Crippen LogP contribution in [0.15, 0.2) is 30.3 Å². The van der Waals surface area contributed by atoms with E-state index in [-0.39, 0.29) is 5.56 Å². The molecule has 0 saturated carbocycles. The fourth-order valence-corrected chi connectivity index (χ4v) is 1.43. The summed E-state index contributed by atoms with van der Waals surface area (Å²) >= 11 is 0. The zero-order valence-electron chi connectivity index (χ0n) is 10.5. The highest BCUT2D eigenvalue weighted by molar-refractivity contribution is 5.81. The minimum atomic E-state index is -6.36. The molecule has 9 heteroatoms. The van der Waals surface area contributed by atoms with E-state index in [1.807, 2.05) is 0 Å². The summed E-state index contributed by atoms with van der Waals surface area (Å²) < 4.78 is 78.3. The second-order valence-electron chi connectivity index (χ2n) is 4.13. The molecule has 118 valence electrons. The summed E-state index contributed by atoms with van der Waals surface area (Å²) in [5.41, 5.74) is -5.67. The van der Waals surface area contributed by atoms with E-state index in [0.717, 1.165) is 6.92 Å². The van der Waals surface area contributed by atoms with Crippen molar-refractivity contribution in [3.05, 3.63) is 35.9 Å². The van der Waals surface area contributed by atoms with Crippen LogP contribution in [-0.2, 0) is 9.53 Å². The number of alkyl halides is 6. The van der Waals surface area contributed by atoms with Gasteiger partial charge in [-0.25, -0.2) is 0 Å². The van der Waals surface area contributed by atoms with E-state index >= 15 is 0 Å². The van der Waals surface area contributed by atoms with Gasteiger partial charge in [0.15, 0.2) is 5.60 Å². The summed E-state index contributed by atoms with van der Waals surface area (Å²) in [4.78, 5) is 11.2. The van der Waals surface area contributed by atoms with Crippen LogP contribution >= 0.6 is 0 Å². The maximum atomic E-state index is 12.4. The molecule has 0 aliphatic rings. The lowest BCUT2D eigenvalue weighted by molar-refractivity contribution is -0.574. The minimum absolute atomic E-state index is 0.151. The first-order valence-corrected chi connectivity index (χ1v) is 5.51. The molecule has 0 N–H and O–H groups in total. The molecule has 1 atom stereocenters. The normalized spacial score (nSPS) is 14.7. The second-order valence-corrected chi connectivity index (χ2v) is 4.13. The van der Waals surface area contributed by atoms with Crippen molar-refractivity contribution in [2.75, 3.05) is 0 Å². The first-order valence-electron chi connectivity index (χ1n) is 5.51. The molecule has 0 fully saturated rings. The van der Waals surface area contributed by atoms with Crippen molar-refractivity contribution in [3.63, 3.8) is 0 Å². The highest BCUT2D eigenvalue weighted by atomic mass is 19.4. The predicted molar refractivity (Wildman–Crippen MR) is 55.8 cm³/mol. The number of hydrogen-bond donors (Lipinski definition) is 0. The van der Waals surface area contributed by atoms with Gasteiger partial charge in [-0.15, -0.1) is 0 Å². The maximum Gasteiger partial charge on any atom is 0.399 e. The third-order valence-electron chi connectivity index (χ3n) is 2.64. The molecule has 1 aromatic carbocycles. The highest BCUT2D eigenvalue weighted by Crippen LogP contribution is 2.42. The van der Waals surface area contributed by atoms with Gasteiger partial charge in [-0.2, -0.15) is 26.3 Å². The molecule has 0 amide bonds. The molecule has 0 heterocycles. The predicted octanol–water partition coefficient (Wildman–Crippen LogP) is 2.51. The van der Waals surface area contributed by atoms with Gasteiger partial charge in [-0.3, -0.25) is 4.79 Å². The first-order chi connectivity index (χ1) is 9.41. The van der Waals surface area contributed by atoms with E-state index < -0.39 is 30.0 Å². The van der Waals surface area contributed by atoms with Gasteiger partial charge < -0.3 is 9.84 Å². The maximum absolute atomic E-state index is 12.4. The Kier molecular flexibility index (Phi) is 4.57. The molecule has 0 saturated heterocycles. The van der Waals surface area contributed by atoms with Gasteiger partial charge in [0, 0.05) is 0 Å². The summed E-state index contributed by atoms with van der Waals surface area (Å²) in [7, 11) is 0. The van der Waals surface area contributed by atoms with Crippen LogP contribution in [0.25, 0.3) is 0 Å². The molecule has 0 radical (unpaired) electrons. The molecule has 21 heavy (non-hydrogen) atoms. The van der Waals surface area contributed by atoms with E-state index in [9.17, 15) is 36.2 Å². The number of hydrogen-bond acceptors (Lipinski definition) is 3. The second kappa shape index (κ2) is 5.55. The van der Waals surface area contributed by atoms with Crippen molar-refractivity contribution in [2.45, 2.75) is 31.0 Å². The Hall–Kier alpha value is -1.77. The number of carbonyl (C=O) groups is 1. The number of halogens is 6. The van der Waals surface area contributed by atoms with Crippen molar-refractivity contribution in [2.24, 2.45) is 0 Å². The standard InChI is InChI=1S/C12H9F6O3/c1-7(8-5-3-2-4-6-8)21-9(19)10(20,11(13,14)15)12(16,17)18/h2-7H,1H3/q-1. The van der Waals surface area contributed by atoms with E-state index in [2.05, 4.69) is 4.74 Å². The van der Waals surface area contributed by atoms with Crippen LogP contribution in [0.4, 0.5) is 26.3 Å². The Morgan fingerprint density at radius 2 is 1.48 bits per heavy atom. The third-order valence-corrected chi connectivity index (χ3v) is 2.64. The van der Waals surface area contributed by atoms with Crippen LogP contribution in [0, 0.1) is 0 Å². The molecule has 0 aliphatic carbocycles. The van der Waals surface area contributed by atoms with Crippen LogP contribution < -0.4 is 5.11 Å². The molecule has 0 aliphatic heterocycles. The summed E-state index contributed by atoms with van der Waals surface area (Å²) in [6, 6.07) is 7.08. The SMILES string of the molecule is CC(OC(=O)C([O-])(C(F)(F)F)C(F)(F)F)c1ccccc1. The molecule has 0 spiro atoms. The molecule has 1 aromatic rings. The van der Waals surface area contributed by atoms with E-state index in [1.54, 1.807) is 6.07 Å². The van der Waals surface area contributed by atoms with Crippen molar-refractivity contribution in [1.29, 1.82) is 0 Å². The van der Waals surface area contributed by atoms with Gasteiger partial charge in [-0.05, 0) is 12.5 Å². The molecular formula is C12H9F6O3-. The third kappa shape index (κ3) is 3.29. The molecule has 0 aromatic heterocycles. The summed E-state index contributed by atoms with van der Waals surface area (Å²) in [6.07, 6.45) is -14.2. The molecular weight excluding hydrogens is 306 g/mol. The minimum Gasteiger partial charge on any atom is -0.828 e. The molecule has 1 unspecified atom stereocenters. The summed E-state index contributed by atoms with van der Waals surface area (Å²) in [6.45, 7) is 1.06. The summed E-state index contributed by atoms with van der Waals surface area (Å²) in [5.74, 6) is -2.93. The Balaban J connectivity index is 3.05. The van der Waals surface area contributed by atoms with Gasteiger partial charge in [0.05, 0.1) is 0 Å². The van der Waals surface area contributed by atoms with Crippen molar-refractivity contribution in [3.8, 4) is 0 Å². The monoisotopic (exact) mass is 315 g/mol. The van der Waals surface area contributed by atoms with Gasteiger partial charge in [-0.1, -0.05) is 30.3 Å². The van der Waals surface area contributed by atoms with E-state index in [1.165, 1.54) is 24.3 Å². The fraction of sp³-hybridized carbons (Fsp3) is 0.417. The van der Waals surface area contributed by atoms with Gasteiger partial charge in [0.25, 0.3) is 0 Å². The lowest BCUT2D eigenvalue weighted by Crippen LogP contribution is -2.71. The van der Waals surface area contributed by atoms with Crippen molar-refractivity contribution >= 4 is 5.97 Å². The highest BCUT2D eigenvalue weighted by Gasteiger charge is 2.68. The molecule has 3 nitrogen and oxygen atoms in total. The quantitative estimate of drug-likeness (QED) is 0.636. The average molecular weight is 315 g/mol. The van der Waals surface area contributed by atoms with Crippen LogP contribution in [0.1, 0.15) is 18.6 Å². The largest absolute Gasteiger partial charge is 0.828 e. The number of rotatable bonds is 3. The number of benzene rings is 1. The lowest BCUT2D eigenvalue weighted by atomic mass is 10.0. The Morgan fingerprint density at radius 3 is 1.86 bits per heavy atom. The zero-order valence-corrected chi connectivity index (χ0v) is 10.5. The smallest absolute Gasteiger partial charge is 0.399 e. The summed E-state index contributed by atoms with van der Waals surface area (Å²) in [5, 5.41) is 11.1. The Labute approximate surface area is 115 Å². The van der Waals surface area contributed by atoms with Crippen molar-refractivity contribution in [1.82, 2.24) is 0 Å². The van der Waals surface area contributed by atoms with Gasteiger partial charge in [0.1, 0.15) is 6.10 Å². The lowest BCUT2D eigenvalue weighted by Gasteiger charge is -2.40. The fourth-order valence-electron chi connectivity index (χ4n) is 1.43. The van der Waals surface area contributed by atoms with Crippen LogP contribution in [0.2, 0.25) is 0 Å². The number of esters is 1. The molecule has 1 rings (SSSR count). The number of carbonyl (C=O) groups excluding carboxylic acids is 1. The van der Waals surface area contributed by atoms with Gasteiger partial charge in [0.2, 0.25) is 0 Å². The average Bonchev–Trinajstić information content (AvgIpc) is 2.35. The van der Waals surface area contributed by atoms with Crippen molar-refractivity contribution < 1.29 is 41.0 Å². The van der Waals surface area contributed by atoms with Gasteiger partial charge >= 0.3 is 18.3 Å². The Bertz CT molecular complexity index is 480. The number of ether oxygens (including phenoxy) is 1. The van der Waals surface area contributed by atoms with Crippen LogP contribution in [-0.4, -0.2) is 23.9 Å². The molecule has 0 bridgehead atoms. The topological polar surface area (TPSA) is 49.4 Å². The van der Waals surface area contributed by atoms with E-state index in [4.69, 9.17) is 0 Å². The zero-order chi connectivity index (χ0) is 16.5. The van der Waals surface area contributed by atoms with Crippen LogP contribution in [0.3, 0.4) is 0 Å². The van der Waals surface area contributed by atoms with Crippen LogP contribution in [0.5, 0.6) is 0 Å².